The molecule has 1 aliphatic heterocycles. The topological polar surface area (TPSA) is 44.4 Å². The number of carbonyl (C=O) groups is 1. The summed E-state index contributed by atoms with van der Waals surface area (Å²) in [6, 6.07) is 8.07. The zero-order valence-electron chi connectivity index (χ0n) is 12.6. The van der Waals surface area contributed by atoms with Crippen LogP contribution in [0.5, 0.6) is 0 Å². The minimum atomic E-state index is 0. The molecule has 1 aromatic carbocycles. The molecule has 0 spiro atoms. The molecule has 2 N–H and O–H groups in total. The second-order valence-electron chi connectivity index (χ2n) is 5.55. The predicted molar refractivity (Wildman–Crippen MR) is 92.6 cm³/mol. The van der Waals surface area contributed by atoms with Crippen molar-refractivity contribution in [1.29, 1.82) is 0 Å². The normalized spacial score (nSPS) is 17.0. The van der Waals surface area contributed by atoms with Gasteiger partial charge >= 0.3 is 0 Å². The lowest BCUT2D eigenvalue weighted by atomic mass is 10.0. The van der Waals surface area contributed by atoms with Crippen molar-refractivity contribution in [3.05, 3.63) is 29.8 Å². The molecule has 1 saturated heterocycles. The molecule has 2 rings (SSSR count). The fourth-order valence-corrected chi connectivity index (χ4v) is 2.48. The van der Waals surface area contributed by atoms with Gasteiger partial charge < -0.3 is 15.5 Å². The minimum absolute atomic E-state index is 0. The summed E-state index contributed by atoms with van der Waals surface area (Å²) in [6.07, 6.45) is 1.72. The quantitative estimate of drug-likeness (QED) is 0.870. The van der Waals surface area contributed by atoms with Gasteiger partial charge in [0, 0.05) is 18.7 Å². The average Bonchev–Trinajstić information content (AvgIpc) is 2.81. The van der Waals surface area contributed by atoms with Gasteiger partial charge in [0.25, 0.3) is 0 Å². The fourth-order valence-electron chi connectivity index (χ4n) is 2.48. The summed E-state index contributed by atoms with van der Waals surface area (Å²) in [5, 5.41) is 6.28. The number of anilines is 1. The van der Waals surface area contributed by atoms with E-state index in [1.165, 1.54) is 5.56 Å². The van der Waals surface area contributed by atoms with E-state index < -0.39 is 0 Å². The van der Waals surface area contributed by atoms with Crippen LogP contribution in [0.3, 0.4) is 0 Å². The monoisotopic (exact) mass is 333 g/mol. The van der Waals surface area contributed by atoms with Gasteiger partial charge in [0.15, 0.2) is 0 Å². The van der Waals surface area contributed by atoms with Crippen LogP contribution in [-0.2, 0) is 11.3 Å². The van der Waals surface area contributed by atoms with Gasteiger partial charge in [0.1, 0.15) is 0 Å². The zero-order valence-corrected chi connectivity index (χ0v) is 14.2. The van der Waals surface area contributed by atoms with Gasteiger partial charge in [-0.3, -0.25) is 4.79 Å². The summed E-state index contributed by atoms with van der Waals surface area (Å²) in [7, 11) is 4.08. The number of benzene rings is 1. The molecule has 1 heterocycles. The van der Waals surface area contributed by atoms with Gasteiger partial charge in [-0.05, 0) is 57.2 Å². The third-order valence-electron chi connectivity index (χ3n) is 3.35. The van der Waals surface area contributed by atoms with Gasteiger partial charge in [-0.1, -0.05) is 12.1 Å². The Morgan fingerprint density at radius 2 is 2.14 bits per heavy atom. The van der Waals surface area contributed by atoms with Crippen LogP contribution in [0.2, 0.25) is 0 Å². The number of carbonyl (C=O) groups excluding carboxylic acids is 1. The smallest absolute Gasteiger partial charge is 0.224 e. The minimum Gasteiger partial charge on any atom is -0.326 e. The Hall–Kier alpha value is -0.810. The molecule has 1 atom stereocenters. The van der Waals surface area contributed by atoms with E-state index >= 15 is 0 Å². The van der Waals surface area contributed by atoms with Crippen LogP contribution in [-0.4, -0.2) is 38.0 Å². The first-order valence-electron chi connectivity index (χ1n) is 6.88. The van der Waals surface area contributed by atoms with E-state index in [1.54, 1.807) is 0 Å². The molecule has 1 amide bonds. The van der Waals surface area contributed by atoms with Gasteiger partial charge in [-0.25, -0.2) is 0 Å². The fraction of sp³-hybridized carbons (Fsp3) is 0.533. The van der Waals surface area contributed by atoms with Crippen molar-refractivity contribution >= 4 is 36.4 Å². The first kappa shape index (κ1) is 20.2. The van der Waals surface area contributed by atoms with E-state index in [1.807, 2.05) is 32.3 Å². The Balaban J connectivity index is 0.00000200. The van der Waals surface area contributed by atoms with Crippen molar-refractivity contribution in [2.24, 2.45) is 5.92 Å². The predicted octanol–water partition coefficient (Wildman–Crippen LogP) is 2.53. The standard InChI is InChI=1S/C15H23N3O.2ClH/c1-18(2)11-13-4-3-5-14(8-13)17-15(19)9-12-6-7-16-10-12;;/h3-5,8,12,16H,6-7,9-11H2,1-2H3,(H,17,19);2*1H. The third-order valence-corrected chi connectivity index (χ3v) is 3.35. The molecular weight excluding hydrogens is 309 g/mol. The summed E-state index contributed by atoms with van der Waals surface area (Å²) < 4.78 is 0. The highest BCUT2D eigenvalue weighted by atomic mass is 35.5. The number of amides is 1. The maximum absolute atomic E-state index is 12.0. The number of rotatable bonds is 5. The highest BCUT2D eigenvalue weighted by molar-refractivity contribution is 5.90. The zero-order chi connectivity index (χ0) is 13.7. The second kappa shape index (κ2) is 10.0. The van der Waals surface area contributed by atoms with Gasteiger partial charge in [0.2, 0.25) is 5.91 Å². The summed E-state index contributed by atoms with van der Waals surface area (Å²) >= 11 is 0. The molecular formula is C15H25Cl2N3O. The lowest BCUT2D eigenvalue weighted by molar-refractivity contribution is -0.116. The van der Waals surface area contributed by atoms with Gasteiger partial charge in [-0.2, -0.15) is 0 Å². The molecule has 4 nitrogen and oxygen atoms in total. The van der Waals surface area contributed by atoms with Gasteiger partial charge in [0.05, 0.1) is 0 Å². The number of hydrogen-bond acceptors (Lipinski definition) is 3. The van der Waals surface area contributed by atoms with Crippen molar-refractivity contribution in [3.8, 4) is 0 Å². The average molecular weight is 334 g/mol. The van der Waals surface area contributed by atoms with Crippen LogP contribution >= 0.6 is 24.8 Å². The van der Waals surface area contributed by atoms with E-state index in [-0.39, 0.29) is 30.7 Å². The lowest BCUT2D eigenvalue weighted by Gasteiger charge is -2.12. The Bertz CT molecular complexity index is 435. The first-order chi connectivity index (χ1) is 9.13. The van der Waals surface area contributed by atoms with Crippen molar-refractivity contribution in [2.75, 3.05) is 32.5 Å². The Kier molecular flexibility index (Phi) is 9.62. The molecule has 120 valence electrons. The van der Waals surface area contributed by atoms with Crippen LogP contribution in [0.25, 0.3) is 0 Å². The highest BCUT2D eigenvalue weighted by Crippen LogP contribution is 2.16. The Morgan fingerprint density at radius 1 is 1.38 bits per heavy atom. The maximum Gasteiger partial charge on any atom is 0.224 e. The molecule has 1 aliphatic rings. The number of halogens is 2. The molecule has 0 bridgehead atoms. The van der Waals surface area contributed by atoms with Crippen molar-refractivity contribution < 1.29 is 4.79 Å². The lowest BCUT2D eigenvalue weighted by Crippen LogP contribution is -2.18. The highest BCUT2D eigenvalue weighted by Gasteiger charge is 2.17. The Labute approximate surface area is 139 Å². The number of nitrogens with zero attached hydrogens (tertiary/aromatic N) is 1. The van der Waals surface area contributed by atoms with E-state index in [4.69, 9.17) is 0 Å². The number of hydrogen-bond donors (Lipinski definition) is 2. The Morgan fingerprint density at radius 3 is 2.76 bits per heavy atom. The largest absolute Gasteiger partial charge is 0.326 e. The van der Waals surface area contributed by atoms with Crippen LogP contribution in [0.15, 0.2) is 24.3 Å². The van der Waals surface area contributed by atoms with Crippen LogP contribution in [0.1, 0.15) is 18.4 Å². The first-order valence-corrected chi connectivity index (χ1v) is 6.88. The van der Waals surface area contributed by atoms with Crippen molar-refractivity contribution in [1.82, 2.24) is 10.2 Å². The van der Waals surface area contributed by atoms with Crippen LogP contribution < -0.4 is 10.6 Å². The molecule has 1 fully saturated rings. The molecule has 0 aliphatic carbocycles. The number of nitrogens with one attached hydrogen (secondary N) is 2. The molecule has 21 heavy (non-hydrogen) atoms. The molecule has 0 radical (unpaired) electrons. The third kappa shape index (κ3) is 7.14. The summed E-state index contributed by atoms with van der Waals surface area (Å²) in [6.45, 7) is 2.89. The second-order valence-corrected chi connectivity index (χ2v) is 5.55. The van der Waals surface area contributed by atoms with Gasteiger partial charge in [-0.15, -0.1) is 24.8 Å². The van der Waals surface area contributed by atoms with E-state index in [9.17, 15) is 4.79 Å². The molecule has 0 saturated carbocycles. The summed E-state index contributed by atoms with van der Waals surface area (Å²) in [5.41, 5.74) is 2.11. The van der Waals surface area contributed by atoms with E-state index in [0.29, 0.717) is 12.3 Å². The molecule has 6 heteroatoms. The maximum atomic E-state index is 12.0. The molecule has 1 aromatic rings. The van der Waals surface area contributed by atoms with Crippen LogP contribution in [0.4, 0.5) is 5.69 Å². The molecule has 1 unspecified atom stereocenters. The van der Waals surface area contributed by atoms with E-state index in [2.05, 4.69) is 21.6 Å². The van der Waals surface area contributed by atoms with Crippen molar-refractivity contribution in [3.63, 3.8) is 0 Å². The SMILES string of the molecule is CN(C)Cc1cccc(NC(=O)CC2CCNC2)c1.Cl.Cl. The summed E-state index contributed by atoms with van der Waals surface area (Å²) in [4.78, 5) is 14.1. The van der Waals surface area contributed by atoms with E-state index in [0.717, 1.165) is 31.7 Å². The summed E-state index contributed by atoms with van der Waals surface area (Å²) in [5.74, 6) is 0.612. The van der Waals surface area contributed by atoms with Crippen molar-refractivity contribution in [2.45, 2.75) is 19.4 Å². The molecule has 0 aromatic heterocycles. The van der Waals surface area contributed by atoms with Crippen LogP contribution in [0, 0.1) is 5.92 Å².